The summed E-state index contributed by atoms with van der Waals surface area (Å²) in [6.07, 6.45) is 0.759. The number of benzene rings is 2. The lowest BCUT2D eigenvalue weighted by molar-refractivity contribution is 0.198. The van der Waals surface area contributed by atoms with Crippen molar-refractivity contribution < 1.29 is 9.47 Å². The van der Waals surface area contributed by atoms with Crippen LogP contribution in [0.3, 0.4) is 0 Å². The summed E-state index contributed by atoms with van der Waals surface area (Å²) in [5.74, 6) is 1.48. The summed E-state index contributed by atoms with van der Waals surface area (Å²) >= 11 is 3.47. The lowest BCUT2D eigenvalue weighted by Gasteiger charge is -2.20. The Balaban J connectivity index is 2.18. The van der Waals surface area contributed by atoms with E-state index in [0.29, 0.717) is 13.2 Å². The van der Waals surface area contributed by atoms with Gasteiger partial charge in [-0.2, -0.15) is 0 Å². The number of hydrogen-bond donors (Lipinski definition) is 1. The molecule has 0 radical (unpaired) electrons. The van der Waals surface area contributed by atoms with E-state index in [0.717, 1.165) is 28.0 Å². The predicted molar refractivity (Wildman–Crippen MR) is 88.8 cm³/mol. The fraction of sp³-hybridized carbons (Fsp3) is 0.294. The van der Waals surface area contributed by atoms with Crippen LogP contribution in [0.2, 0.25) is 0 Å². The second-order valence-electron chi connectivity index (χ2n) is 4.69. The van der Waals surface area contributed by atoms with E-state index in [2.05, 4.69) is 22.9 Å². The van der Waals surface area contributed by atoms with E-state index in [-0.39, 0.29) is 6.10 Å². The van der Waals surface area contributed by atoms with Gasteiger partial charge in [0.25, 0.3) is 0 Å². The molecule has 4 heteroatoms. The molecule has 2 aromatic rings. The average Bonchev–Trinajstić information content (AvgIpc) is 2.51. The molecular weight excluding hydrogens is 330 g/mol. The van der Waals surface area contributed by atoms with Crippen LogP contribution in [0.1, 0.15) is 25.0 Å². The van der Waals surface area contributed by atoms with Gasteiger partial charge in [0, 0.05) is 11.0 Å². The van der Waals surface area contributed by atoms with Crippen molar-refractivity contribution in [2.75, 3.05) is 13.2 Å². The molecule has 0 aliphatic heterocycles. The Morgan fingerprint density at radius 2 is 1.86 bits per heavy atom. The van der Waals surface area contributed by atoms with Gasteiger partial charge in [-0.15, -0.1) is 0 Å². The molecule has 112 valence electrons. The van der Waals surface area contributed by atoms with Gasteiger partial charge in [0.2, 0.25) is 0 Å². The van der Waals surface area contributed by atoms with Crippen LogP contribution in [0.25, 0.3) is 0 Å². The maximum atomic E-state index is 6.06. The van der Waals surface area contributed by atoms with Crippen molar-refractivity contribution in [3.63, 3.8) is 0 Å². The van der Waals surface area contributed by atoms with E-state index in [1.54, 1.807) is 0 Å². The first-order valence-corrected chi connectivity index (χ1v) is 7.88. The molecule has 0 saturated heterocycles. The monoisotopic (exact) mass is 349 g/mol. The topological polar surface area (TPSA) is 44.5 Å². The van der Waals surface area contributed by atoms with Gasteiger partial charge in [-0.05, 0) is 36.2 Å². The third kappa shape index (κ3) is 4.48. The minimum atomic E-state index is -0.200. The molecule has 2 N–H and O–H groups in total. The molecule has 0 saturated carbocycles. The molecule has 2 rings (SSSR count). The molecule has 21 heavy (non-hydrogen) atoms. The van der Waals surface area contributed by atoms with Crippen molar-refractivity contribution in [2.45, 2.75) is 19.4 Å². The highest BCUT2D eigenvalue weighted by Crippen LogP contribution is 2.31. The lowest BCUT2D eigenvalue weighted by atomic mass is 10.1. The molecule has 0 fully saturated rings. The molecular formula is C17H20BrNO2. The van der Waals surface area contributed by atoms with E-state index in [1.165, 1.54) is 0 Å². The highest BCUT2D eigenvalue weighted by atomic mass is 79.9. The maximum absolute atomic E-state index is 6.06. The highest BCUT2D eigenvalue weighted by Gasteiger charge is 2.14. The van der Waals surface area contributed by atoms with Gasteiger partial charge >= 0.3 is 0 Å². The summed E-state index contributed by atoms with van der Waals surface area (Å²) in [6.45, 7) is 3.15. The molecule has 2 aromatic carbocycles. The van der Waals surface area contributed by atoms with Crippen molar-refractivity contribution in [1.82, 2.24) is 0 Å². The van der Waals surface area contributed by atoms with Gasteiger partial charge in [0.1, 0.15) is 6.10 Å². The third-order valence-electron chi connectivity index (χ3n) is 3.01. The Labute approximate surface area is 134 Å². The second-order valence-corrected chi connectivity index (χ2v) is 5.61. The van der Waals surface area contributed by atoms with Crippen molar-refractivity contribution in [3.05, 3.63) is 58.6 Å². The van der Waals surface area contributed by atoms with Crippen LogP contribution in [-0.2, 0) is 0 Å². The summed E-state index contributed by atoms with van der Waals surface area (Å²) in [5.41, 5.74) is 6.91. The number of ether oxygens (including phenoxy) is 2. The number of halogens is 1. The van der Waals surface area contributed by atoms with Gasteiger partial charge < -0.3 is 15.2 Å². The zero-order valence-electron chi connectivity index (χ0n) is 12.1. The number of para-hydroxylation sites is 2. The minimum absolute atomic E-state index is 0.200. The normalized spacial score (nSPS) is 12.0. The largest absolute Gasteiger partial charge is 0.490 e. The van der Waals surface area contributed by atoms with Crippen LogP contribution >= 0.6 is 15.9 Å². The molecule has 0 bridgehead atoms. The smallest absolute Gasteiger partial charge is 0.162 e. The van der Waals surface area contributed by atoms with E-state index >= 15 is 0 Å². The van der Waals surface area contributed by atoms with Crippen LogP contribution in [0.5, 0.6) is 11.5 Å². The highest BCUT2D eigenvalue weighted by molar-refractivity contribution is 9.10. The average molecular weight is 350 g/mol. The van der Waals surface area contributed by atoms with Crippen LogP contribution in [0.15, 0.2) is 53.0 Å². The first-order valence-electron chi connectivity index (χ1n) is 7.08. The first-order chi connectivity index (χ1) is 10.2. The number of hydrogen-bond acceptors (Lipinski definition) is 3. The molecule has 0 amide bonds. The molecule has 0 aliphatic carbocycles. The molecule has 0 spiro atoms. The third-order valence-corrected chi connectivity index (χ3v) is 3.51. The minimum Gasteiger partial charge on any atom is -0.490 e. The van der Waals surface area contributed by atoms with Crippen molar-refractivity contribution in [1.29, 1.82) is 0 Å². The summed E-state index contributed by atoms with van der Waals surface area (Å²) in [6, 6.07) is 15.7. The Morgan fingerprint density at radius 3 is 2.52 bits per heavy atom. The molecule has 0 aliphatic rings. The van der Waals surface area contributed by atoms with E-state index in [9.17, 15) is 0 Å². The quantitative estimate of drug-likeness (QED) is 0.809. The number of rotatable bonds is 7. The zero-order valence-corrected chi connectivity index (χ0v) is 13.7. The summed E-state index contributed by atoms with van der Waals surface area (Å²) in [5, 5.41) is 0. The van der Waals surface area contributed by atoms with E-state index in [4.69, 9.17) is 15.2 Å². The fourth-order valence-corrected chi connectivity index (χ4v) is 2.41. The lowest BCUT2D eigenvalue weighted by Crippen LogP contribution is -2.18. The van der Waals surface area contributed by atoms with Crippen LogP contribution in [-0.4, -0.2) is 13.2 Å². The van der Waals surface area contributed by atoms with Crippen molar-refractivity contribution in [2.24, 2.45) is 5.73 Å². The SMILES string of the molecule is CCCOc1ccccc1OC(CN)c1cccc(Br)c1. The Kier molecular flexibility index (Phi) is 6.08. The van der Waals surface area contributed by atoms with Crippen LogP contribution in [0, 0.1) is 0 Å². The second kappa shape index (κ2) is 8.05. The molecule has 1 unspecified atom stereocenters. The van der Waals surface area contributed by atoms with Gasteiger partial charge in [0.05, 0.1) is 6.61 Å². The Morgan fingerprint density at radius 1 is 1.10 bits per heavy atom. The number of nitrogens with two attached hydrogens (primary N) is 1. The zero-order chi connectivity index (χ0) is 15.1. The van der Waals surface area contributed by atoms with E-state index < -0.39 is 0 Å². The Hall–Kier alpha value is -1.52. The summed E-state index contributed by atoms with van der Waals surface area (Å²) in [7, 11) is 0. The van der Waals surface area contributed by atoms with Gasteiger partial charge in [0.15, 0.2) is 11.5 Å². The standard InChI is InChI=1S/C17H20BrNO2/c1-2-10-20-15-8-3-4-9-16(15)21-17(12-19)13-6-5-7-14(18)11-13/h3-9,11,17H,2,10,12,19H2,1H3. The maximum Gasteiger partial charge on any atom is 0.162 e. The molecule has 1 atom stereocenters. The summed E-state index contributed by atoms with van der Waals surface area (Å²) in [4.78, 5) is 0. The Bertz CT molecular complexity index is 574. The van der Waals surface area contributed by atoms with Crippen LogP contribution < -0.4 is 15.2 Å². The van der Waals surface area contributed by atoms with Crippen molar-refractivity contribution in [3.8, 4) is 11.5 Å². The molecule has 0 aromatic heterocycles. The summed E-state index contributed by atoms with van der Waals surface area (Å²) < 4.78 is 12.8. The molecule has 0 heterocycles. The molecule has 3 nitrogen and oxygen atoms in total. The van der Waals surface area contributed by atoms with Crippen LogP contribution in [0.4, 0.5) is 0 Å². The first kappa shape index (κ1) is 15.9. The predicted octanol–water partition coefficient (Wildman–Crippen LogP) is 4.32. The fourth-order valence-electron chi connectivity index (χ4n) is 1.99. The van der Waals surface area contributed by atoms with Gasteiger partial charge in [-0.3, -0.25) is 0 Å². The van der Waals surface area contributed by atoms with E-state index in [1.807, 2.05) is 48.5 Å². The van der Waals surface area contributed by atoms with Gasteiger partial charge in [-0.1, -0.05) is 47.1 Å². The van der Waals surface area contributed by atoms with Crippen molar-refractivity contribution >= 4 is 15.9 Å². The van der Waals surface area contributed by atoms with Gasteiger partial charge in [-0.25, -0.2) is 0 Å².